The number of para-hydroxylation sites is 1. The van der Waals surface area contributed by atoms with E-state index in [-0.39, 0.29) is 11.5 Å². The number of carboxylic acid groups (broad SMARTS) is 1. The van der Waals surface area contributed by atoms with E-state index in [1.54, 1.807) is 0 Å². The van der Waals surface area contributed by atoms with Crippen LogP contribution in [-0.2, 0) is 16.1 Å². The molecular weight excluding hydrogens is 428 g/mol. The van der Waals surface area contributed by atoms with Gasteiger partial charge in [0.2, 0.25) is 0 Å². The third-order valence-corrected chi connectivity index (χ3v) is 6.76. The van der Waals surface area contributed by atoms with E-state index in [4.69, 9.17) is 17.0 Å². The largest absolute Gasteiger partial charge is 0.550 e. The summed E-state index contributed by atoms with van der Waals surface area (Å²) in [5.41, 5.74) is 5.79. The third kappa shape index (κ3) is 7.38. The Bertz CT molecular complexity index is 952. The topological polar surface area (TPSA) is 89.9 Å². The van der Waals surface area contributed by atoms with Gasteiger partial charge in [0.25, 0.3) is 0 Å². The van der Waals surface area contributed by atoms with Crippen molar-refractivity contribution >= 4 is 44.8 Å². The molecule has 7 heteroatoms. The molecule has 3 aromatic rings. The highest BCUT2D eigenvalue weighted by Crippen LogP contribution is 2.31. The molecule has 5 nitrogen and oxygen atoms in total. The summed E-state index contributed by atoms with van der Waals surface area (Å²) in [7, 11) is 0. The Morgan fingerprint density at radius 2 is 1.81 bits per heavy atom. The number of carbonyl (C=O) groups excluding carboxylic acids is 1. The summed E-state index contributed by atoms with van der Waals surface area (Å²) < 4.78 is 6.64. The highest BCUT2D eigenvalue weighted by molar-refractivity contribution is 7.80. The van der Waals surface area contributed by atoms with Gasteiger partial charge in [0.05, 0.1) is 22.2 Å². The molecule has 0 aliphatic heterocycles. The number of aromatic nitrogens is 1. The monoisotopic (exact) mass is 456 g/mol. The molecule has 0 bridgehead atoms. The van der Waals surface area contributed by atoms with Crippen LogP contribution in [0.2, 0.25) is 0 Å². The van der Waals surface area contributed by atoms with Crippen LogP contribution < -0.4 is 10.8 Å². The minimum Gasteiger partial charge on any atom is -0.550 e. The lowest BCUT2D eigenvalue weighted by Gasteiger charge is -2.17. The minimum absolute atomic E-state index is 0.224. The van der Waals surface area contributed by atoms with Crippen LogP contribution in [0.3, 0.4) is 0 Å². The van der Waals surface area contributed by atoms with Crippen LogP contribution in [0.15, 0.2) is 54.6 Å². The second kappa shape index (κ2) is 11.9. The molecule has 1 fully saturated rings. The van der Waals surface area contributed by atoms with E-state index < -0.39 is 11.9 Å². The Hall–Kier alpha value is -2.35. The zero-order valence-corrected chi connectivity index (χ0v) is 19.1. The first-order valence-corrected chi connectivity index (χ1v) is 11.8. The Morgan fingerprint density at radius 3 is 2.42 bits per heavy atom. The molecule has 1 unspecified atom stereocenters. The summed E-state index contributed by atoms with van der Waals surface area (Å²) in [4.78, 5) is 15.6. The van der Waals surface area contributed by atoms with Gasteiger partial charge < -0.3 is 20.4 Å². The van der Waals surface area contributed by atoms with Crippen molar-refractivity contribution in [2.45, 2.75) is 57.1 Å². The molecule has 1 aliphatic rings. The van der Waals surface area contributed by atoms with Crippen molar-refractivity contribution < 1.29 is 20.4 Å². The molecule has 1 saturated carbocycles. The lowest BCUT2D eigenvalue weighted by Crippen LogP contribution is -2.61. The van der Waals surface area contributed by atoms with Gasteiger partial charge in [-0.1, -0.05) is 48.9 Å². The van der Waals surface area contributed by atoms with E-state index in [1.807, 2.05) is 54.6 Å². The van der Waals surface area contributed by atoms with Gasteiger partial charge in [-0.15, -0.1) is 11.3 Å². The normalized spacial score (nSPS) is 15.0. The van der Waals surface area contributed by atoms with Crippen molar-refractivity contribution in [1.82, 2.24) is 4.98 Å². The number of fused-ring (bicyclic) bond motifs is 1. The molecule has 1 aliphatic carbocycles. The molecule has 1 atom stereocenters. The number of hydrogen-bond donors (Lipinski definition) is 1. The number of carbonyl (C=O) groups is 1. The number of ether oxygens (including phenoxy) is 1. The van der Waals surface area contributed by atoms with Gasteiger partial charge in [-0.2, -0.15) is 0 Å². The van der Waals surface area contributed by atoms with Gasteiger partial charge in [-0.3, -0.25) is 0 Å². The van der Waals surface area contributed by atoms with E-state index >= 15 is 0 Å². The number of hydrogen-bond acceptors (Lipinski definition) is 6. The average molecular weight is 457 g/mol. The molecule has 0 radical (unpaired) electrons. The van der Waals surface area contributed by atoms with Gasteiger partial charge in [0.1, 0.15) is 11.6 Å². The van der Waals surface area contributed by atoms with Crippen LogP contribution in [0.5, 0.6) is 0 Å². The predicted octanol–water partition coefficient (Wildman–Crippen LogP) is 3.63. The van der Waals surface area contributed by atoms with Gasteiger partial charge in [0, 0.05) is 12.4 Å². The molecule has 2 aromatic carbocycles. The fraction of sp³-hybridized carbons (Fsp3) is 0.375. The second-order valence-electron chi connectivity index (χ2n) is 7.75. The lowest BCUT2D eigenvalue weighted by molar-refractivity contribution is -0.425. The van der Waals surface area contributed by atoms with E-state index in [2.05, 4.69) is 10.7 Å². The van der Waals surface area contributed by atoms with Crippen molar-refractivity contribution in [1.29, 1.82) is 0 Å². The first-order valence-electron chi connectivity index (χ1n) is 10.6. The molecule has 3 N–H and O–H groups in total. The maximum atomic E-state index is 11.1. The summed E-state index contributed by atoms with van der Waals surface area (Å²) in [5, 5.41) is 12.0. The minimum atomic E-state index is -1.18. The number of aliphatic carboxylic acids is 1. The van der Waals surface area contributed by atoms with Gasteiger partial charge >= 0.3 is 0 Å². The van der Waals surface area contributed by atoms with Crippen molar-refractivity contribution in [3.05, 3.63) is 65.2 Å². The number of carboxylic acids is 1. The zero-order chi connectivity index (χ0) is 22.1. The fourth-order valence-electron chi connectivity index (χ4n) is 3.49. The van der Waals surface area contributed by atoms with Crippen molar-refractivity contribution in [2.75, 3.05) is 0 Å². The average Bonchev–Trinajstić information content (AvgIpc) is 3.21. The number of thiazole rings is 1. The molecule has 164 valence electrons. The highest BCUT2D eigenvalue weighted by Gasteiger charge is 2.23. The molecule has 0 saturated heterocycles. The Kier molecular flexibility index (Phi) is 8.94. The van der Waals surface area contributed by atoms with Crippen LogP contribution in [0.1, 0.15) is 55.0 Å². The molecule has 1 aromatic heterocycles. The quantitative estimate of drug-likeness (QED) is 0.572. The Labute approximate surface area is 192 Å². The number of nitrogens with zero attached hydrogens (tertiary/aromatic N) is 1. The third-order valence-electron chi connectivity index (χ3n) is 5.21. The standard InChI is InChI=1S/C18H15NO3S2.C6H13N/c20-16(21)10-13(17-19-14-8-4-5-9-15(14)24-17)18(23)22-11-12-6-2-1-3-7-12;7-6-4-2-1-3-5-6/h1-9,13H,10-11H2,(H,20,21);6H,1-5,7H2. The molecule has 4 rings (SSSR count). The van der Waals surface area contributed by atoms with Gasteiger partial charge in [0.15, 0.2) is 5.05 Å². The summed E-state index contributed by atoms with van der Waals surface area (Å²) in [6.07, 6.45) is 6.81. The first kappa shape index (κ1) is 23.3. The predicted molar refractivity (Wildman–Crippen MR) is 126 cm³/mol. The zero-order valence-electron chi connectivity index (χ0n) is 17.5. The fourth-order valence-corrected chi connectivity index (χ4v) is 4.89. The summed E-state index contributed by atoms with van der Waals surface area (Å²) in [6, 6.07) is 18.0. The van der Waals surface area contributed by atoms with Crippen molar-refractivity contribution in [3.8, 4) is 0 Å². The number of benzene rings is 2. The van der Waals surface area contributed by atoms with E-state index in [0.29, 0.717) is 11.6 Å². The van der Waals surface area contributed by atoms with Gasteiger partial charge in [-0.05, 0) is 55.6 Å². The summed E-state index contributed by atoms with van der Waals surface area (Å²) in [6.45, 7) is 0.300. The maximum absolute atomic E-state index is 11.1. The second-order valence-corrected chi connectivity index (χ2v) is 9.21. The number of quaternary nitrogens is 1. The van der Waals surface area contributed by atoms with Crippen LogP contribution in [-0.4, -0.2) is 22.0 Å². The Balaban J connectivity index is 0.000000330. The SMILES string of the molecule is O=C([O-])CC(C(=S)OCc1ccccc1)c1nc2ccccc2s1.[NH3+]C1CCCCC1. The van der Waals surface area contributed by atoms with E-state index in [0.717, 1.165) is 21.8 Å². The van der Waals surface area contributed by atoms with Crippen LogP contribution in [0.4, 0.5) is 0 Å². The molecule has 1 heterocycles. The van der Waals surface area contributed by atoms with E-state index in [1.165, 1.54) is 43.4 Å². The van der Waals surface area contributed by atoms with Crippen LogP contribution in [0.25, 0.3) is 10.2 Å². The number of rotatable bonds is 6. The molecule has 0 spiro atoms. The molecule has 31 heavy (non-hydrogen) atoms. The summed E-state index contributed by atoms with van der Waals surface area (Å²) >= 11 is 6.76. The molecular formula is C24H28N2O3S2. The van der Waals surface area contributed by atoms with E-state index in [9.17, 15) is 9.90 Å². The summed E-state index contributed by atoms with van der Waals surface area (Å²) in [5.74, 6) is -1.77. The van der Waals surface area contributed by atoms with Gasteiger partial charge in [-0.25, -0.2) is 4.98 Å². The van der Waals surface area contributed by atoms with Crippen molar-refractivity contribution in [3.63, 3.8) is 0 Å². The highest BCUT2D eigenvalue weighted by atomic mass is 32.1. The first-order chi connectivity index (χ1) is 15.0. The van der Waals surface area contributed by atoms with Crippen LogP contribution in [0, 0.1) is 0 Å². The maximum Gasteiger partial charge on any atom is 0.170 e. The Morgan fingerprint density at radius 1 is 1.13 bits per heavy atom. The lowest BCUT2D eigenvalue weighted by atomic mass is 9.97. The number of thiocarbonyl (C=S) groups is 1. The van der Waals surface area contributed by atoms with Crippen LogP contribution >= 0.6 is 23.6 Å². The molecule has 0 amide bonds. The smallest absolute Gasteiger partial charge is 0.170 e. The van der Waals surface area contributed by atoms with Crippen molar-refractivity contribution in [2.24, 2.45) is 0 Å².